The Morgan fingerprint density at radius 3 is 2.74 bits per heavy atom. The summed E-state index contributed by atoms with van der Waals surface area (Å²) in [6, 6.07) is 7.68. The minimum atomic E-state index is -2.49. The molecule has 0 saturated carbocycles. The Hall–Kier alpha value is -2.45. The zero-order valence-electron chi connectivity index (χ0n) is 20.6. The molecule has 11 heteroatoms. The predicted octanol–water partition coefficient (Wildman–Crippen LogP) is 4.47. The average Bonchev–Trinajstić information content (AvgIpc) is 3.23. The van der Waals surface area contributed by atoms with E-state index in [0.717, 1.165) is 36.9 Å². The molecule has 0 spiro atoms. The lowest BCUT2D eigenvalue weighted by molar-refractivity contribution is 0.0218. The van der Waals surface area contributed by atoms with Gasteiger partial charge in [0.2, 0.25) is 5.95 Å². The number of piperidine rings is 1. The van der Waals surface area contributed by atoms with Crippen molar-refractivity contribution < 1.29 is 9.67 Å². The van der Waals surface area contributed by atoms with Gasteiger partial charge in [-0.25, -0.2) is 4.98 Å². The molecule has 2 aromatic heterocycles. The summed E-state index contributed by atoms with van der Waals surface area (Å²) in [6.07, 6.45) is 7.32. The van der Waals surface area contributed by atoms with Gasteiger partial charge in [-0.3, -0.25) is 9.58 Å². The summed E-state index contributed by atoms with van der Waals surface area (Å²) < 4.78 is 14.7. The zero-order valence-corrected chi connectivity index (χ0v) is 22.2. The van der Waals surface area contributed by atoms with Crippen LogP contribution in [-0.2, 0) is 4.57 Å². The number of halogens is 1. The molecule has 1 atom stereocenters. The second-order valence-electron chi connectivity index (χ2n) is 10.1. The monoisotopic (exact) mass is 517 g/mol. The lowest BCUT2D eigenvalue weighted by Gasteiger charge is -2.36. The van der Waals surface area contributed by atoms with Crippen LogP contribution in [0.15, 0.2) is 42.9 Å². The van der Waals surface area contributed by atoms with Crippen molar-refractivity contribution in [3.63, 3.8) is 0 Å². The van der Waals surface area contributed by atoms with Crippen molar-refractivity contribution in [2.24, 2.45) is 0 Å². The Labute approximate surface area is 211 Å². The maximum Gasteiger partial charge on any atom is 0.229 e. The van der Waals surface area contributed by atoms with Crippen LogP contribution in [0.25, 0.3) is 0 Å². The molecule has 9 nitrogen and oxygen atoms in total. The van der Waals surface area contributed by atoms with E-state index in [1.807, 2.05) is 49.0 Å². The summed E-state index contributed by atoms with van der Waals surface area (Å²) >= 11 is 6.36. The van der Waals surface area contributed by atoms with Crippen molar-refractivity contribution in [3.05, 3.63) is 47.9 Å². The van der Waals surface area contributed by atoms with Crippen LogP contribution in [0.4, 0.5) is 23.1 Å². The van der Waals surface area contributed by atoms with Gasteiger partial charge in [-0.1, -0.05) is 23.7 Å². The number of para-hydroxylation sites is 1. The Morgan fingerprint density at radius 2 is 2.00 bits per heavy atom. The van der Waals surface area contributed by atoms with E-state index in [1.54, 1.807) is 19.5 Å². The molecule has 0 radical (unpaired) electrons. The number of rotatable bonds is 8. The molecule has 1 saturated heterocycles. The summed E-state index contributed by atoms with van der Waals surface area (Å²) in [7, 11) is -2.49. The molecule has 3 aromatic rings. The minimum absolute atomic E-state index is 0.236. The summed E-state index contributed by atoms with van der Waals surface area (Å²) in [4.78, 5) is 11.1. The molecule has 0 unspecified atom stereocenters. The predicted molar refractivity (Wildman–Crippen MR) is 142 cm³/mol. The number of benzene rings is 1. The second-order valence-corrected chi connectivity index (χ2v) is 13.7. The van der Waals surface area contributed by atoms with Crippen LogP contribution in [0.2, 0.25) is 5.02 Å². The molecular weight excluding hydrogens is 485 g/mol. The highest BCUT2D eigenvalue weighted by Crippen LogP contribution is 2.38. The van der Waals surface area contributed by atoms with Crippen LogP contribution in [0.5, 0.6) is 0 Å². The molecule has 4 rings (SSSR count). The number of likely N-dealkylation sites (tertiary alicyclic amines) is 1. The molecule has 0 bridgehead atoms. The molecule has 1 aliphatic rings. The molecule has 188 valence electrons. The molecule has 3 heterocycles. The lowest BCUT2D eigenvalue weighted by Crippen LogP contribution is -2.44. The lowest BCUT2D eigenvalue weighted by atomic mass is 10.0. The zero-order chi connectivity index (χ0) is 25.2. The van der Waals surface area contributed by atoms with Crippen molar-refractivity contribution >= 4 is 47.2 Å². The molecule has 0 amide bonds. The van der Waals surface area contributed by atoms with Crippen LogP contribution in [0.1, 0.15) is 32.7 Å². The molecule has 3 N–H and O–H groups in total. The summed E-state index contributed by atoms with van der Waals surface area (Å²) in [5.74, 6) is 0.796. The number of β-amino-alcohol motifs (C(OH)–C–C–N with tert-alkyl or cyclic N) is 1. The topological polar surface area (TPSA) is 108 Å². The quantitative estimate of drug-likeness (QED) is 0.376. The van der Waals surface area contributed by atoms with E-state index in [9.17, 15) is 9.67 Å². The van der Waals surface area contributed by atoms with E-state index in [4.69, 9.17) is 11.6 Å². The van der Waals surface area contributed by atoms with Gasteiger partial charge in [-0.2, -0.15) is 10.1 Å². The second kappa shape index (κ2) is 10.3. The van der Waals surface area contributed by atoms with Crippen LogP contribution in [0.3, 0.4) is 0 Å². The first-order valence-electron chi connectivity index (χ1n) is 11.7. The molecule has 1 fully saturated rings. The third-order valence-corrected chi connectivity index (χ3v) is 7.63. The Balaban J connectivity index is 1.47. The summed E-state index contributed by atoms with van der Waals surface area (Å²) in [5, 5.41) is 22.2. The first-order chi connectivity index (χ1) is 16.5. The van der Waals surface area contributed by atoms with Crippen molar-refractivity contribution in [2.45, 2.75) is 38.3 Å². The van der Waals surface area contributed by atoms with Crippen LogP contribution in [0, 0.1) is 0 Å². The van der Waals surface area contributed by atoms with E-state index < -0.39 is 12.7 Å². The highest BCUT2D eigenvalue weighted by atomic mass is 35.5. The van der Waals surface area contributed by atoms with Crippen molar-refractivity contribution in [3.8, 4) is 0 Å². The first kappa shape index (κ1) is 25.6. The number of nitrogens with one attached hydrogen (secondary N) is 2. The standard InChI is InChI=1S/C24H33ClN7O2P/c1-24(2,33)16-31-11-7-8-18(15-31)32-14-17(12-27-32)28-23-26-13-19(25)22(30-23)29-20-9-5-6-10-21(20)35(3,4)34/h5-6,9-10,12-14,18,33H,7-8,11,15-16H2,1-4H3,(H2,26,28,29,30)/t18-/m1/s1. The number of nitrogens with zero attached hydrogens (tertiary/aromatic N) is 5. The molecule has 35 heavy (non-hydrogen) atoms. The largest absolute Gasteiger partial charge is 0.389 e. The van der Waals surface area contributed by atoms with Gasteiger partial charge < -0.3 is 20.3 Å². The van der Waals surface area contributed by atoms with Gasteiger partial charge >= 0.3 is 0 Å². The first-order valence-corrected chi connectivity index (χ1v) is 14.7. The average molecular weight is 518 g/mol. The van der Waals surface area contributed by atoms with Gasteiger partial charge in [-0.15, -0.1) is 0 Å². The number of aromatic nitrogens is 4. The van der Waals surface area contributed by atoms with Gasteiger partial charge in [0.15, 0.2) is 5.82 Å². The maximum absolute atomic E-state index is 12.7. The van der Waals surface area contributed by atoms with Gasteiger partial charge in [0.05, 0.1) is 35.4 Å². The third-order valence-electron chi connectivity index (χ3n) is 5.80. The Morgan fingerprint density at radius 1 is 1.23 bits per heavy atom. The fraction of sp³-hybridized carbons (Fsp3) is 0.458. The highest BCUT2D eigenvalue weighted by molar-refractivity contribution is 7.70. The van der Waals surface area contributed by atoms with E-state index in [1.165, 1.54) is 6.20 Å². The maximum atomic E-state index is 12.7. The Kier molecular flexibility index (Phi) is 7.52. The third kappa shape index (κ3) is 6.82. The van der Waals surface area contributed by atoms with Crippen LogP contribution < -0.4 is 15.9 Å². The highest BCUT2D eigenvalue weighted by Gasteiger charge is 2.26. The number of anilines is 4. The number of aliphatic hydroxyl groups is 1. The number of hydrogen-bond donors (Lipinski definition) is 3. The summed E-state index contributed by atoms with van der Waals surface area (Å²) in [5.41, 5.74) is 0.750. The van der Waals surface area contributed by atoms with Gasteiger partial charge in [0.1, 0.15) is 12.2 Å². The van der Waals surface area contributed by atoms with Crippen molar-refractivity contribution in [1.29, 1.82) is 0 Å². The van der Waals surface area contributed by atoms with E-state index in [2.05, 4.69) is 30.6 Å². The van der Waals surface area contributed by atoms with Crippen LogP contribution in [-0.4, -0.2) is 68.3 Å². The molecule has 1 aromatic carbocycles. The van der Waals surface area contributed by atoms with Crippen molar-refractivity contribution in [2.75, 3.05) is 43.6 Å². The van der Waals surface area contributed by atoms with E-state index >= 15 is 0 Å². The molecular formula is C24H33ClN7O2P. The SMILES string of the molecule is CC(C)(O)CN1CCC[C@@H](n2cc(Nc3ncc(Cl)c(Nc4ccccc4P(C)(C)=O)n3)cn2)C1. The van der Waals surface area contributed by atoms with Gasteiger partial charge in [0.25, 0.3) is 0 Å². The molecule has 1 aliphatic heterocycles. The normalized spacial score (nSPS) is 17.4. The minimum Gasteiger partial charge on any atom is -0.389 e. The fourth-order valence-corrected chi connectivity index (χ4v) is 5.65. The van der Waals surface area contributed by atoms with E-state index in [0.29, 0.717) is 29.0 Å². The number of hydrogen-bond acceptors (Lipinski definition) is 8. The Bertz CT molecular complexity index is 1220. The van der Waals surface area contributed by atoms with Crippen LogP contribution >= 0.6 is 18.7 Å². The molecule has 0 aliphatic carbocycles. The van der Waals surface area contributed by atoms with Gasteiger partial charge in [0, 0.05) is 24.6 Å². The smallest absolute Gasteiger partial charge is 0.229 e. The van der Waals surface area contributed by atoms with Gasteiger partial charge in [-0.05, 0) is 58.7 Å². The van der Waals surface area contributed by atoms with E-state index in [-0.39, 0.29) is 6.04 Å². The summed E-state index contributed by atoms with van der Waals surface area (Å²) in [6.45, 7) is 9.60. The van der Waals surface area contributed by atoms with Crippen molar-refractivity contribution in [1.82, 2.24) is 24.6 Å². The fourth-order valence-electron chi connectivity index (χ4n) is 4.36.